The van der Waals surface area contributed by atoms with Crippen LogP contribution in [0.1, 0.15) is 36.8 Å². The Kier molecular flexibility index (Phi) is 5.68. The first kappa shape index (κ1) is 19.5. The van der Waals surface area contributed by atoms with Gasteiger partial charge in [0.05, 0.1) is 18.8 Å². The average molecular weight is 379 g/mol. The minimum atomic E-state index is -0.810. The van der Waals surface area contributed by atoms with Crippen molar-refractivity contribution >= 4 is 11.6 Å². The Balaban J connectivity index is 1.85. The number of hydrogen-bond acceptors (Lipinski definition) is 5. The van der Waals surface area contributed by atoms with Crippen LogP contribution in [-0.4, -0.2) is 32.7 Å². The molecule has 0 aliphatic rings. The summed E-state index contributed by atoms with van der Waals surface area (Å²) in [6.45, 7) is 4.08. The number of pyridine rings is 1. The van der Waals surface area contributed by atoms with Gasteiger partial charge in [-0.2, -0.15) is 5.26 Å². The highest BCUT2D eigenvalue weighted by Gasteiger charge is 2.30. The van der Waals surface area contributed by atoms with Crippen molar-refractivity contribution in [3.05, 3.63) is 65.6 Å². The number of fused-ring (bicyclic) bond motifs is 1. The molecule has 0 aliphatic carbocycles. The van der Waals surface area contributed by atoms with E-state index in [4.69, 9.17) is 4.74 Å². The summed E-state index contributed by atoms with van der Waals surface area (Å²) in [7, 11) is 0. The predicted molar refractivity (Wildman–Crippen MR) is 102 cm³/mol. The lowest BCUT2D eigenvalue weighted by molar-refractivity contribution is -0.446. The molecule has 8 nitrogen and oxygen atoms in total. The van der Waals surface area contributed by atoms with E-state index in [1.165, 1.54) is 0 Å². The Morgan fingerprint density at radius 2 is 2.04 bits per heavy atom. The molecule has 28 heavy (non-hydrogen) atoms. The molecule has 0 saturated carbocycles. The van der Waals surface area contributed by atoms with Crippen LogP contribution < -0.4 is 11.1 Å². The van der Waals surface area contributed by atoms with Crippen LogP contribution in [0, 0.1) is 11.3 Å². The monoisotopic (exact) mass is 379 g/mol. The SMILES string of the molecule is CC(C)([NH3+])C(=O)NC(COCc1ccccc1)c1nnc2ccc(C#N)cn12. The highest BCUT2D eigenvalue weighted by molar-refractivity contribution is 5.83. The highest BCUT2D eigenvalue weighted by atomic mass is 16.5. The summed E-state index contributed by atoms with van der Waals surface area (Å²) >= 11 is 0. The molecule has 0 bridgehead atoms. The molecule has 1 aromatic carbocycles. The lowest BCUT2D eigenvalue weighted by Crippen LogP contribution is -2.75. The van der Waals surface area contributed by atoms with Crippen molar-refractivity contribution in [1.82, 2.24) is 19.9 Å². The van der Waals surface area contributed by atoms with Crippen LogP contribution >= 0.6 is 0 Å². The van der Waals surface area contributed by atoms with Crippen LogP contribution in [0.25, 0.3) is 5.65 Å². The number of nitrogens with one attached hydrogen (secondary N) is 1. The van der Waals surface area contributed by atoms with Gasteiger partial charge in [0.15, 0.2) is 17.0 Å². The number of hydrogen-bond donors (Lipinski definition) is 2. The summed E-state index contributed by atoms with van der Waals surface area (Å²) in [4.78, 5) is 12.5. The second-order valence-electron chi connectivity index (χ2n) is 7.23. The zero-order valence-corrected chi connectivity index (χ0v) is 15.9. The van der Waals surface area contributed by atoms with Gasteiger partial charge in [-0.25, -0.2) is 0 Å². The second-order valence-corrected chi connectivity index (χ2v) is 7.23. The number of nitriles is 1. The number of quaternary nitrogens is 1. The van der Waals surface area contributed by atoms with Gasteiger partial charge in [-0.05, 0) is 31.5 Å². The van der Waals surface area contributed by atoms with Gasteiger partial charge in [0.2, 0.25) is 0 Å². The third kappa shape index (κ3) is 4.52. The maximum absolute atomic E-state index is 12.5. The van der Waals surface area contributed by atoms with Gasteiger partial charge in [0.1, 0.15) is 12.1 Å². The molecule has 8 heteroatoms. The highest BCUT2D eigenvalue weighted by Crippen LogP contribution is 2.16. The van der Waals surface area contributed by atoms with Gasteiger partial charge in [-0.3, -0.25) is 9.20 Å². The van der Waals surface area contributed by atoms with Crippen molar-refractivity contribution in [2.75, 3.05) is 6.61 Å². The number of rotatable bonds is 7. The normalized spacial score (nSPS) is 12.5. The molecular weight excluding hydrogens is 356 g/mol. The minimum absolute atomic E-state index is 0.203. The first-order valence-corrected chi connectivity index (χ1v) is 8.91. The number of benzene rings is 1. The molecule has 144 valence electrons. The van der Waals surface area contributed by atoms with E-state index in [9.17, 15) is 10.1 Å². The van der Waals surface area contributed by atoms with Gasteiger partial charge in [-0.1, -0.05) is 30.3 Å². The number of ether oxygens (including phenoxy) is 1. The summed E-state index contributed by atoms with van der Waals surface area (Å²) < 4.78 is 7.54. The van der Waals surface area contributed by atoms with Gasteiger partial charge >= 0.3 is 0 Å². The molecule has 0 aliphatic heterocycles. The Morgan fingerprint density at radius 1 is 1.29 bits per heavy atom. The van der Waals surface area contributed by atoms with Crippen molar-refractivity contribution in [1.29, 1.82) is 5.26 Å². The zero-order chi connectivity index (χ0) is 20.1. The Hall–Kier alpha value is -3.28. The fraction of sp³-hybridized carbons (Fsp3) is 0.300. The van der Waals surface area contributed by atoms with E-state index in [0.29, 0.717) is 23.6 Å². The third-order valence-electron chi connectivity index (χ3n) is 4.19. The van der Waals surface area contributed by atoms with Gasteiger partial charge < -0.3 is 15.8 Å². The number of aromatic nitrogens is 3. The molecule has 1 unspecified atom stereocenters. The maximum atomic E-state index is 12.5. The lowest BCUT2D eigenvalue weighted by atomic mass is 10.1. The van der Waals surface area contributed by atoms with Gasteiger partial charge in [-0.15, -0.1) is 10.2 Å². The Morgan fingerprint density at radius 3 is 2.71 bits per heavy atom. The lowest BCUT2D eigenvalue weighted by Gasteiger charge is -2.21. The third-order valence-corrected chi connectivity index (χ3v) is 4.19. The van der Waals surface area contributed by atoms with E-state index in [1.54, 1.807) is 36.6 Å². The molecule has 0 radical (unpaired) electrons. The van der Waals surface area contributed by atoms with Crippen molar-refractivity contribution in [2.24, 2.45) is 0 Å². The summed E-state index contributed by atoms with van der Waals surface area (Å²) in [6, 6.07) is 14.7. The van der Waals surface area contributed by atoms with Crippen LogP contribution in [-0.2, 0) is 16.1 Å². The number of amides is 1. The van der Waals surface area contributed by atoms with Crippen molar-refractivity contribution in [3.8, 4) is 6.07 Å². The molecule has 4 N–H and O–H groups in total. The molecule has 0 spiro atoms. The molecular formula is C20H23N6O2+. The average Bonchev–Trinajstić information content (AvgIpc) is 3.10. The number of nitrogens with zero attached hydrogens (tertiary/aromatic N) is 4. The molecule has 3 rings (SSSR count). The first-order valence-electron chi connectivity index (χ1n) is 8.91. The first-order chi connectivity index (χ1) is 13.4. The standard InChI is InChI=1S/C20H22N6O2/c1-20(2,22)19(27)23-16(13-28-12-14-6-4-3-5-7-14)18-25-24-17-9-8-15(10-21)11-26(17)18/h3-9,11,16H,12-13,22H2,1-2H3,(H,23,27)/p+1. The van der Waals surface area contributed by atoms with E-state index < -0.39 is 11.6 Å². The second kappa shape index (κ2) is 8.17. The van der Waals surface area contributed by atoms with Crippen molar-refractivity contribution < 1.29 is 15.3 Å². The fourth-order valence-electron chi connectivity index (χ4n) is 2.62. The molecule has 3 aromatic rings. The largest absolute Gasteiger partial charge is 0.374 e. The predicted octanol–water partition coefficient (Wildman–Crippen LogP) is 0.996. The van der Waals surface area contributed by atoms with Crippen molar-refractivity contribution in [2.45, 2.75) is 32.0 Å². The van der Waals surface area contributed by atoms with Crippen LogP contribution in [0.3, 0.4) is 0 Å². The molecule has 1 amide bonds. The molecule has 2 aromatic heterocycles. The summed E-state index contributed by atoms with van der Waals surface area (Å²) in [5, 5.41) is 20.5. The quantitative estimate of drug-likeness (QED) is 0.634. The van der Waals surface area contributed by atoms with E-state index in [-0.39, 0.29) is 12.5 Å². The molecule has 0 fully saturated rings. The Bertz CT molecular complexity index is 1000. The minimum Gasteiger partial charge on any atom is -0.374 e. The molecule has 0 saturated heterocycles. The van der Waals surface area contributed by atoms with Gasteiger partial charge in [0.25, 0.3) is 5.91 Å². The van der Waals surface area contributed by atoms with E-state index >= 15 is 0 Å². The van der Waals surface area contributed by atoms with Crippen LogP contribution in [0.15, 0.2) is 48.7 Å². The number of carbonyl (C=O) groups is 1. The topological polar surface area (TPSA) is 120 Å². The van der Waals surface area contributed by atoms with E-state index in [1.807, 2.05) is 30.3 Å². The zero-order valence-electron chi connectivity index (χ0n) is 15.9. The summed E-state index contributed by atoms with van der Waals surface area (Å²) in [5.41, 5.74) is 5.17. The smallest absolute Gasteiger partial charge is 0.281 e. The van der Waals surface area contributed by atoms with Crippen LogP contribution in [0.4, 0.5) is 0 Å². The van der Waals surface area contributed by atoms with Crippen LogP contribution in [0.5, 0.6) is 0 Å². The fourth-order valence-corrected chi connectivity index (χ4v) is 2.62. The van der Waals surface area contributed by atoms with E-state index in [2.05, 4.69) is 27.3 Å². The van der Waals surface area contributed by atoms with E-state index in [0.717, 1.165) is 5.56 Å². The van der Waals surface area contributed by atoms with Crippen molar-refractivity contribution in [3.63, 3.8) is 0 Å². The summed E-state index contributed by atoms with van der Waals surface area (Å²) in [5.74, 6) is 0.270. The maximum Gasteiger partial charge on any atom is 0.281 e. The van der Waals surface area contributed by atoms with Crippen LogP contribution in [0.2, 0.25) is 0 Å². The van der Waals surface area contributed by atoms with Gasteiger partial charge in [0, 0.05) is 6.20 Å². The Labute approximate surface area is 162 Å². The molecule has 2 heterocycles. The molecule has 1 atom stereocenters. The summed E-state index contributed by atoms with van der Waals surface area (Å²) in [6.07, 6.45) is 1.65. The number of carbonyl (C=O) groups excluding carboxylic acids is 1.